The van der Waals surface area contributed by atoms with Crippen molar-refractivity contribution in [2.24, 2.45) is 0 Å². The molecule has 1 aliphatic heterocycles. The minimum absolute atomic E-state index is 0.0505. The summed E-state index contributed by atoms with van der Waals surface area (Å²) >= 11 is 0. The summed E-state index contributed by atoms with van der Waals surface area (Å²) in [4.78, 5) is 12.6. The third kappa shape index (κ3) is 2.99. The number of aromatic nitrogens is 3. The van der Waals surface area contributed by atoms with Crippen LogP contribution in [0, 0.1) is 25.2 Å². The number of sulfone groups is 1. The molecule has 1 saturated heterocycles. The van der Waals surface area contributed by atoms with Gasteiger partial charge in [-0.25, -0.2) is 8.42 Å². The molecule has 0 aliphatic carbocycles. The number of Topliss-reactive ketones (excluding diaryl/α,β-unsaturated/α-hetero) is 1. The molecule has 2 aromatic heterocycles. The summed E-state index contributed by atoms with van der Waals surface area (Å²) in [6, 6.07) is 3.67. The lowest BCUT2D eigenvalue weighted by Gasteiger charge is -2.16. The molecule has 3 heterocycles. The highest BCUT2D eigenvalue weighted by molar-refractivity contribution is 7.91. The van der Waals surface area contributed by atoms with Crippen LogP contribution in [0.2, 0.25) is 0 Å². The van der Waals surface area contributed by atoms with Gasteiger partial charge in [-0.15, -0.1) is 0 Å². The molecule has 0 radical (unpaired) electrons. The van der Waals surface area contributed by atoms with Crippen molar-refractivity contribution in [3.8, 4) is 6.07 Å². The van der Waals surface area contributed by atoms with E-state index in [1.165, 1.54) is 17.1 Å². The lowest BCUT2D eigenvalue weighted by Crippen LogP contribution is -2.15. The fourth-order valence-electron chi connectivity index (χ4n) is 3.34. The topological polar surface area (TPSA) is 97.8 Å². The molecule has 3 rings (SSSR count). The molecule has 8 heteroatoms. The lowest BCUT2D eigenvalue weighted by atomic mass is 10.1. The molecule has 1 aliphatic rings. The normalized spacial score (nSPS) is 19.3. The fourth-order valence-corrected chi connectivity index (χ4v) is 5.04. The SMILES string of the molecule is Cc1cc(C(=O)Cn2cc(C#N)cn2)c(C)n1C1CCS(=O)(=O)C1. The van der Waals surface area contributed by atoms with Gasteiger partial charge in [-0.3, -0.25) is 9.48 Å². The van der Waals surface area contributed by atoms with Gasteiger partial charge < -0.3 is 4.57 Å². The van der Waals surface area contributed by atoms with Gasteiger partial charge in [0, 0.05) is 29.2 Å². The monoisotopic (exact) mass is 346 g/mol. The number of hydrogen-bond donors (Lipinski definition) is 0. The molecule has 2 aromatic rings. The largest absolute Gasteiger partial charge is 0.344 e. The molecule has 1 unspecified atom stereocenters. The number of nitrogens with zero attached hydrogens (tertiary/aromatic N) is 4. The highest BCUT2D eigenvalue weighted by atomic mass is 32.2. The van der Waals surface area contributed by atoms with Crippen molar-refractivity contribution >= 4 is 15.6 Å². The van der Waals surface area contributed by atoms with Gasteiger partial charge >= 0.3 is 0 Å². The smallest absolute Gasteiger partial charge is 0.186 e. The minimum atomic E-state index is -2.99. The quantitative estimate of drug-likeness (QED) is 0.780. The zero-order valence-corrected chi connectivity index (χ0v) is 14.4. The second-order valence-corrected chi connectivity index (χ2v) is 8.40. The van der Waals surface area contributed by atoms with Crippen molar-refractivity contribution in [2.45, 2.75) is 32.9 Å². The van der Waals surface area contributed by atoms with Crippen molar-refractivity contribution in [1.29, 1.82) is 5.26 Å². The number of carbonyl (C=O) groups is 1. The molecule has 0 aromatic carbocycles. The number of rotatable bonds is 4. The predicted molar refractivity (Wildman–Crippen MR) is 87.5 cm³/mol. The zero-order valence-electron chi connectivity index (χ0n) is 13.6. The number of hydrogen-bond acceptors (Lipinski definition) is 5. The van der Waals surface area contributed by atoms with Crippen molar-refractivity contribution in [2.75, 3.05) is 11.5 Å². The van der Waals surface area contributed by atoms with E-state index in [4.69, 9.17) is 5.26 Å². The van der Waals surface area contributed by atoms with Crippen LogP contribution in [0.5, 0.6) is 0 Å². The van der Waals surface area contributed by atoms with Gasteiger partial charge in [0.05, 0.1) is 23.3 Å². The van der Waals surface area contributed by atoms with Crippen LogP contribution in [0.4, 0.5) is 0 Å². The number of ketones is 1. The van der Waals surface area contributed by atoms with Crippen LogP contribution in [0.1, 0.15) is 39.8 Å². The summed E-state index contributed by atoms with van der Waals surface area (Å²) in [6.45, 7) is 3.78. The summed E-state index contributed by atoms with van der Waals surface area (Å²) in [5.74, 6) is 0.215. The standard InChI is InChI=1S/C16H18N4O3S/c1-11-5-15(16(21)9-19-8-13(6-17)7-18-19)12(2)20(11)14-3-4-24(22,23)10-14/h5,7-8,14H,3-4,9-10H2,1-2H3. The average Bonchev–Trinajstić information content (AvgIpc) is 3.17. The Morgan fingerprint density at radius 3 is 2.79 bits per heavy atom. The molecule has 7 nitrogen and oxygen atoms in total. The first-order valence-electron chi connectivity index (χ1n) is 7.65. The third-order valence-electron chi connectivity index (χ3n) is 4.43. The van der Waals surface area contributed by atoms with E-state index in [9.17, 15) is 13.2 Å². The number of carbonyl (C=O) groups excluding carboxylic acids is 1. The van der Waals surface area contributed by atoms with Crippen molar-refractivity contribution in [1.82, 2.24) is 14.3 Å². The van der Waals surface area contributed by atoms with Crippen LogP contribution >= 0.6 is 0 Å². The summed E-state index contributed by atoms with van der Waals surface area (Å²) < 4.78 is 26.9. The van der Waals surface area contributed by atoms with Gasteiger partial charge in [0.25, 0.3) is 0 Å². The summed E-state index contributed by atoms with van der Waals surface area (Å²) in [7, 11) is -2.99. The van der Waals surface area contributed by atoms with E-state index in [0.717, 1.165) is 11.4 Å². The molecule has 0 saturated carbocycles. The van der Waals surface area contributed by atoms with Gasteiger partial charge in [0.2, 0.25) is 0 Å². The Labute approximate surface area is 140 Å². The van der Waals surface area contributed by atoms with Crippen LogP contribution in [-0.2, 0) is 16.4 Å². The molecular formula is C16H18N4O3S. The number of nitriles is 1. The van der Waals surface area contributed by atoms with Gasteiger partial charge in [-0.2, -0.15) is 10.4 Å². The van der Waals surface area contributed by atoms with E-state index < -0.39 is 9.84 Å². The maximum Gasteiger partial charge on any atom is 0.186 e. The molecular weight excluding hydrogens is 328 g/mol. The molecule has 0 bridgehead atoms. The van der Waals surface area contributed by atoms with Gasteiger partial charge in [-0.05, 0) is 26.3 Å². The third-order valence-corrected chi connectivity index (χ3v) is 6.18. The summed E-state index contributed by atoms with van der Waals surface area (Å²) in [6.07, 6.45) is 3.53. The Bertz CT molecular complexity index is 947. The van der Waals surface area contributed by atoms with E-state index >= 15 is 0 Å². The fraction of sp³-hybridized carbons (Fsp3) is 0.438. The Morgan fingerprint density at radius 1 is 1.46 bits per heavy atom. The molecule has 1 atom stereocenters. The Hall–Kier alpha value is -2.40. The Kier molecular flexibility index (Phi) is 4.05. The highest BCUT2D eigenvalue weighted by Crippen LogP contribution is 2.29. The van der Waals surface area contributed by atoms with Crippen LogP contribution in [-0.4, -0.2) is 40.1 Å². The van der Waals surface area contributed by atoms with E-state index in [1.807, 2.05) is 24.5 Å². The first kappa shape index (κ1) is 16.5. The Balaban J connectivity index is 1.86. The zero-order chi connectivity index (χ0) is 17.5. The Morgan fingerprint density at radius 2 is 2.21 bits per heavy atom. The molecule has 0 spiro atoms. The van der Waals surface area contributed by atoms with Crippen LogP contribution in [0.3, 0.4) is 0 Å². The maximum absolute atomic E-state index is 12.6. The molecule has 1 fully saturated rings. The van der Waals surface area contributed by atoms with Crippen LogP contribution < -0.4 is 0 Å². The van der Waals surface area contributed by atoms with Gasteiger partial charge in [0.15, 0.2) is 15.6 Å². The van der Waals surface area contributed by atoms with Gasteiger partial charge in [0.1, 0.15) is 12.6 Å². The average molecular weight is 346 g/mol. The summed E-state index contributed by atoms with van der Waals surface area (Å²) in [5.41, 5.74) is 2.65. The second kappa shape index (κ2) is 5.91. The molecule has 0 amide bonds. The molecule has 126 valence electrons. The van der Waals surface area contributed by atoms with E-state index in [0.29, 0.717) is 17.5 Å². The van der Waals surface area contributed by atoms with E-state index in [1.54, 1.807) is 6.07 Å². The molecule has 0 N–H and O–H groups in total. The maximum atomic E-state index is 12.6. The van der Waals surface area contributed by atoms with E-state index in [-0.39, 0.29) is 29.9 Å². The van der Waals surface area contributed by atoms with Crippen molar-refractivity contribution in [3.63, 3.8) is 0 Å². The predicted octanol–water partition coefficient (Wildman–Crippen LogP) is 1.42. The van der Waals surface area contributed by atoms with Crippen molar-refractivity contribution < 1.29 is 13.2 Å². The second-order valence-electron chi connectivity index (χ2n) is 6.17. The van der Waals surface area contributed by atoms with Crippen molar-refractivity contribution in [3.05, 3.63) is 41.0 Å². The number of aryl methyl sites for hydroxylation is 1. The van der Waals surface area contributed by atoms with Gasteiger partial charge in [-0.1, -0.05) is 0 Å². The first-order valence-corrected chi connectivity index (χ1v) is 9.47. The highest BCUT2D eigenvalue weighted by Gasteiger charge is 2.31. The van der Waals surface area contributed by atoms with E-state index in [2.05, 4.69) is 5.10 Å². The lowest BCUT2D eigenvalue weighted by molar-refractivity contribution is 0.0967. The van der Waals surface area contributed by atoms with Crippen LogP contribution in [0.25, 0.3) is 0 Å². The van der Waals surface area contributed by atoms with Crippen LogP contribution in [0.15, 0.2) is 18.5 Å². The summed E-state index contributed by atoms with van der Waals surface area (Å²) in [5, 5.41) is 12.8. The molecule has 24 heavy (non-hydrogen) atoms. The first-order chi connectivity index (χ1) is 11.3. The minimum Gasteiger partial charge on any atom is -0.344 e.